The summed E-state index contributed by atoms with van der Waals surface area (Å²) < 4.78 is 25.7. The van der Waals surface area contributed by atoms with Crippen LogP contribution in [0.5, 0.6) is 0 Å². The summed E-state index contributed by atoms with van der Waals surface area (Å²) in [6, 6.07) is 7.02. The van der Waals surface area contributed by atoms with Crippen LogP contribution in [0, 0.1) is 0 Å². The van der Waals surface area contributed by atoms with Gasteiger partial charge in [-0.05, 0) is 0 Å². The van der Waals surface area contributed by atoms with Crippen LogP contribution in [-0.4, -0.2) is 39.7 Å². The second-order valence-corrected chi connectivity index (χ2v) is 6.01. The van der Waals surface area contributed by atoms with Gasteiger partial charge >= 0.3 is 104 Å². The maximum absolute atomic E-state index is 12.2. The molecule has 0 aliphatic carbocycles. The van der Waals surface area contributed by atoms with Crippen molar-refractivity contribution in [3.8, 4) is 0 Å². The molecule has 0 saturated heterocycles. The fourth-order valence-corrected chi connectivity index (χ4v) is 2.95. The summed E-state index contributed by atoms with van der Waals surface area (Å²) >= 11 is 0. The Hall–Kier alpha value is -0.935. The molecule has 0 amide bonds. The minimum absolute atomic E-state index is 0.354. The molecule has 0 bridgehead atoms. The first-order valence-electron chi connectivity index (χ1n) is 5.68. The molecule has 1 rings (SSSR count). The minimum atomic E-state index is -3.34. The standard InChI is InChI=1S/C12H18BNO2S/c1-4-8-14(3)17(15,16)12-7-5-6-11(9-12)10-13-2/h5-7,9H,2,4,8,10H2,1,3H3. The van der Waals surface area contributed by atoms with Crippen LogP contribution in [-0.2, 0) is 16.3 Å². The molecular weight excluding hydrogens is 233 g/mol. The fourth-order valence-electron chi connectivity index (χ4n) is 1.61. The van der Waals surface area contributed by atoms with Crippen molar-refractivity contribution < 1.29 is 8.42 Å². The maximum atomic E-state index is 12.2. The van der Waals surface area contributed by atoms with E-state index in [0.717, 1.165) is 12.0 Å². The van der Waals surface area contributed by atoms with Gasteiger partial charge in [-0.3, -0.25) is 0 Å². The molecule has 0 aliphatic heterocycles. The zero-order valence-corrected chi connectivity index (χ0v) is 11.2. The third kappa shape index (κ3) is 3.51. The van der Waals surface area contributed by atoms with E-state index in [1.165, 1.54) is 4.31 Å². The van der Waals surface area contributed by atoms with E-state index in [1.807, 2.05) is 13.0 Å². The molecule has 0 heterocycles. The van der Waals surface area contributed by atoms with Gasteiger partial charge < -0.3 is 0 Å². The van der Waals surface area contributed by atoms with Gasteiger partial charge in [0.2, 0.25) is 0 Å². The van der Waals surface area contributed by atoms with Gasteiger partial charge in [0.25, 0.3) is 0 Å². The average Bonchev–Trinajstić information content (AvgIpc) is 2.30. The molecule has 0 spiro atoms. The molecule has 0 unspecified atom stereocenters. The normalized spacial score (nSPS) is 11.5. The Kier molecular flexibility index (Phi) is 5.09. The van der Waals surface area contributed by atoms with E-state index in [2.05, 4.69) is 6.47 Å². The van der Waals surface area contributed by atoms with Crippen molar-refractivity contribution in [3.05, 3.63) is 29.8 Å². The van der Waals surface area contributed by atoms with Crippen LogP contribution in [0.2, 0.25) is 0 Å². The summed E-state index contributed by atoms with van der Waals surface area (Å²) in [5.41, 5.74) is 0.964. The van der Waals surface area contributed by atoms with E-state index in [1.54, 1.807) is 32.2 Å². The predicted octanol–water partition coefficient (Wildman–Crippen LogP) is 1.35. The number of benzene rings is 1. The van der Waals surface area contributed by atoms with E-state index in [-0.39, 0.29) is 0 Å². The molecule has 1 aromatic carbocycles. The van der Waals surface area contributed by atoms with Crippen molar-refractivity contribution in [1.29, 1.82) is 0 Å². The van der Waals surface area contributed by atoms with Crippen LogP contribution >= 0.6 is 0 Å². The van der Waals surface area contributed by atoms with E-state index >= 15 is 0 Å². The van der Waals surface area contributed by atoms with E-state index in [4.69, 9.17) is 0 Å². The Balaban J connectivity index is 3.06. The number of hydrogen-bond acceptors (Lipinski definition) is 2. The van der Waals surface area contributed by atoms with E-state index in [0.29, 0.717) is 17.8 Å². The summed E-state index contributed by atoms with van der Waals surface area (Å²) in [5, 5.41) is 0. The summed E-state index contributed by atoms with van der Waals surface area (Å²) in [6.07, 6.45) is 1.49. The van der Waals surface area contributed by atoms with Crippen LogP contribution in [0.3, 0.4) is 0 Å². The monoisotopic (exact) mass is 251 g/mol. The summed E-state index contributed by atoms with van der Waals surface area (Å²) in [5.74, 6) is 0. The second-order valence-electron chi connectivity index (χ2n) is 3.97. The Labute approximate surface area is 104 Å². The summed E-state index contributed by atoms with van der Waals surface area (Å²) in [7, 11) is -1.73. The predicted molar refractivity (Wildman–Crippen MR) is 73.1 cm³/mol. The van der Waals surface area contributed by atoms with Crippen molar-refractivity contribution in [2.75, 3.05) is 13.6 Å². The van der Waals surface area contributed by atoms with Crippen LogP contribution in [0.25, 0.3) is 0 Å². The first kappa shape index (κ1) is 14.1. The first-order valence-corrected chi connectivity index (χ1v) is 7.12. The Morgan fingerprint density at radius 3 is 2.71 bits per heavy atom. The summed E-state index contributed by atoms with van der Waals surface area (Å²) in [4.78, 5) is 0.354. The first-order chi connectivity index (χ1) is 8.02. The number of hydrogen-bond donors (Lipinski definition) is 0. The second kappa shape index (κ2) is 6.12. The van der Waals surface area contributed by atoms with Crippen LogP contribution in [0.15, 0.2) is 29.2 Å². The van der Waals surface area contributed by atoms with Crippen molar-refractivity contribution in [1.82, 2.24) is 4.31 Å². The van der Waals surface area contributed by atoms with Gasteiger partial charge in [0.05, 0.1) is 0 Å². The molecule has 17 heavy (non-hydrogen) atoms. The topological polar surface area (TPSA) is 37.4 Å². The fraction of sp³-hybridized carbons (Fsp3) is 0.417. The van der Waals surface area contributed by atoms with Crippen molar-refractivity contribution in [3.63, 3.8) is 0 Å². The molecule has 0 aliphatic rings. The molecule has 3 nitrogen and oxygen atoms in total. The van der Waals surface area contributed by atoms with Gasteiger partial charge in [-0.1, -0.05) is 0 Å². The molecule has 0 saturated carbocycles. The number of rotatable bonds is 6. The van der Waals surface area contributed by atoms with Crippen LogP contribution in [0.4, 0.5) is 0 Å². The van der Waals surface area contributed by atoms with Gasteiger partial charge in [0, 0.05) is 0 Å². The van der Waals surface area contributed by atoms with E-state index < -0.39 is 10.0 Å². The Morgan fingerprint density at radius 2 is 2.12 bits per heavy atom. The zero-order valence-electron chi connectivity index (χ0n) is 10.4. The van der Waals surface area contributed by atoms with Crippen molar-refractivity contribution >= 4 is 23.4 Å². The van der Waals surface area contributed by atoms with Gasteiger partial charge in [0.1, 0.15) is 0 Å². The quantitative estimate of drug-likeness (QED) is 0.716. The molecule has 0 N–H and O–H groups in total. The van der Waals surface area contributed by atoms with Gasteiger partial charge in [-0.25, -0.2) is 0 Å². The molecule has 92 valence electrons. The Morgan fingerprint density at radius 1 is 1.41 bits per heavy atom. The van der Waals surface area contributed by atoms with Gasteiger partial charge in [-0.15, -0.1) is 0 Å². The summed E-state index contributed by atoms with van der Waals surface area (Å²) in [6.45, 7) is 7.91. The molecular formula is C12H18BNO2S. The molecule has 1 aromatic rings. The molecule has 0 radical (unpaired) electrons. The molecule has 0 fully saturated rings. The Bertz CT molecular complexity index is 485. The van der Waals surface area contributed by atoms with Crippen LogP contribution in [0.1, 0.15) is 18.9 Å². The number of sulfonamides is 1. The zero-order chi connectivity index (χ0) is 12.9. The van der Waals surface area contributed by atoms with Crippen molar-refractivity contribution in [2.24, 2.45) is 0 Å². The van der Waals surface area contributed by atoms with Crippen LogP contribution < -0.4 is 0 Å². The van der Waals surface area contributed by atoms with Gasteiger partial charge in [0.15, 0.2) is 0 Å². The van der Waals surface area contributed by atoms with Crippen molar-refractivity contribution in [2.45, 2.75) is 24.6 Å². The van der Waals surface area contributed by atoms with E-state index in [9.17, 15) is 8.42 Å². The third-order valence-electron chi connectivity index (χ3n) is 2.53. The molecule has 0 atom stereocenters. The molecule has 5 heteroatoms. The SMILES string of the molecule is C=BCc1cccc(S(=O)(=O)N(C)CCC)c1. The molecule has 0 aromatic heterocycles. The van der Waals surface area contributed by atoms with Gasteiger partial charge in [-0.2, -0.15) is 0 Å². The average molecular weight is 251 g/mol. The number of nitrogens with zero attached hydrogens (tertiary/aromatic N) is 1. The third-order valence-corrected chi connectivity index (χ3v) is 4.38.